The van der Waals surface area contributed by atoms with E-state index >= 15 is 0 Å². The van der Waals surface area contributed by atoms with Crippen molar-refractivity contribution in [1.29, 1.82) is 0 Å². The zero-order valence-corrected chi connectivity index (χ0v) is 14.0. The minimum atomic E-state index is -8.03. The van der Waals surface area contributed by atoms with Gasteiger partial charge in [-0.05, 0) is 0 Å². The van der Waals surface area contributed by atoms with Crippen LogP contribution < -0.4 is 20.9 Å². The van der Waals surface area contributed by atoms with Crippen LogP contribution in [0.2, 0.25) is 0 Å². The monoisotopic (exact) mass is 472 g/mol. The van der Waals surface area contributed by atoms with E-state index in [-0.39, 0.29) is 11.8 Å². The molecule has 0 aromatic heterocycles. The first-order valence-electron chi connectivity index (χ1n) is 6.96. The van der Waals surface area contributed by atoms with Crippen molar-refractivity contribution in [1.82, 2.24) is 0 Å². The lowest BCUT2D eigenvalue weighted by Gasteiger charge is -2.39. The van der Waals surface area contributed by atoms with E-state index in [0.29, 0.717) is 6.07 Å². The summed E-state index contributed by atoms with van der Waals surface area (Å²) in [6, 6.07) is 0.738. The van der Waals surface area contributed by atoms with Crippen molar-refractivity contribution in [3.8, 4) is 11.5 Å². The summed E-state index contributed by atoms with van der Waals surface area (Å²) in [5, 5.41) is 0. The molecule has 0 bridgehead atoms. The summed E-state index contributed by atoms with van der Waals surface area (Å²) in [5.74, 6) is -33.4. The number of nitrogen functional groups attached to an aromatic ring is 2. The molecule has 174 valence electrons. The molecule has 0 aliphatic carbocycles. The van der Waals surface area contributed by atoms with Crippen LogP contribution in [0.1, 0.15) is 0 Å². The third-order valence-electron chi connectivity index (χ3n) is 3.50. The van der Waals surface area contributed by atoms with Gasteiger partial charge in [-0.25, -0.2) is 0 Å². The summed E-state index contributed by atoms with van der Waals surface area (Å²) < 4.78 is 177. The van der Waals surface area contributed by atoms with E-state index in [2.05, 4.69) is 9.47 Å². The Morgan fingerprint density at radius 1 is 0.600 bits per heavy atom. The Bertz CT molecular complexity index is 792. The summed E-state index contributed by atoms with van der Waals surface area (Å²) in [6.07, 6.45) is -14.3. The first-order chi connectivity index (χ1) is 13.1. The molecule has 0 spiro atoms. The average Bonchev–Trinajstić information content (AvgIpc) is 2.55. The SMILES string of the molecule is COc1cc(N)c(OC(F)(F)C(F)(F)C(F)(F)C(F)(F)C(F)(F)C(F)(F)F)cc1N. The molecule has 0 amide bonds. The second kappa shape index (κ2) is 7.04. The highest BCUT2D eigenvalue weighted by Crippen LogP contribution is 2.60. The van der Waals surface area contributed by atoms with Gasteiger partial charge in [-0.2, -0.15) is 57.1 Å². The molecule has 0 radical (unpaired) electrons. The van der Waals surface area contributed by atoms with Gasteiger partial charge >= 0.3 is 36.0 Å². The molecule has 30 heavy (non-hydrogen) atoms. The standard InChI is InChI=1S/C13H9F13N2O2/c1-29-6-2-5(28)7(3-4(6)27)30-13(25,26)11(20,21)9(16,17)8(14,15)10(18,19)12(22,23)24/h2-3H,27-28H2,1H3. The Kier molecular flexibility index (Phi) is 5.99. The van der Waals surface area contributed by atoms with Crippen molar-refractivity contribution >= 4 is 11.4 Å². The summed E-state index contributed by atoms with van der Waals surface area (Å²) in [4.78, 5) is 0. The Labute approximate surface area is 157 Å². The van der Waals surface area contributed by atoms with Gasteiger partial charge in [-0.3, -0.25) is 0 Å². The number of hydrogen-bond acceptors (Lipinski definition) is 4. The van der Waals surface area contributed by atoms with E-state index in [9.17, 15) is 57.1 Å². The second-order valence-corrected chi connectivity index (χ2v) is 5.55. The van der Waals surface area contributed by atoms with Crippen LogP contribution in [0.5, 0.6) is 11.5 Å². The molecule has 0 aliphatic rings. The molecular weight excluding hydrogens is 463 g/mol. The predicted octanol–water partition coefficient (Wildman–Crippen LogP) is 4.93. The topological polar surface area (TPSA) is 70.5 Å². The number of benzene rings is 1. The van der Waals surface area contributed by atoms with E-state index in [1.807, 2.05) is 0 Å². The number of halogens is 13. The average molecular weight is 472 g/mol. The molecular formula is C13H9F13N2O2. The summed E-state index contributed by atoms with van der Waals surface area (Å²) in [5.41, 5.74) is 8.58. The molecule has 0 saturated carbocycles. The van der Waals surface area contributed by atoms with Crippen molar-refractivity contribution < 1.29 is 66.5 Å². The quantitative estimate of drug-likeness (QED) is 0.436. The number of rotatable bonds is 7. The van der Waals surface area contributed by atoms with Crippen LogP contribution in [0.3, 0.4) is 0 Å². The van der Waals surface area contributed by atoms with Crippen LogP contribution in [0.4, 0.5) is 68.5 Å². The van der Waals surface area contributed by atoms with E-state index in [1.54, 1.807) is 0 Å². The van der Waals surface area contributed by atoms with Gasteiger partial charge in [0.2, 0.25) is 0 Å². The molecule has 0 heterocycles. The zero-order chi connectivity index (χ0) is 24.1. The maximum atomic E-state index is 13.7. The highest BCUT2D eigenvalue weighted by molar-refractivity contribution is 5.67. The highest BCUT2D eigenvalue weighted by atomic mass is 19.4. The third-order valence-corrected chi connectivity index (χ3v) is 3.50. The first kappa shape index (κ1) is 25.5. The van der Waals surface area contributed by atoms with Gasteiger partial charge in [-0.1, -0.05) is 0 Å². The second-order valence-electron chi connectivity index (χ2n) is 5.55. The fraction of sp³-hybridized carbons (Fsp3) is 0.538. The third kappa shape index (κ3) is 3.57. The Morgan fingerprint density at radius 2 is 0.967 bits per heavy atom. The van der Waals surface area contributed by atoms with Crippen molar-refractivity contribution in [3.63, 3.8) is 0 Å². The predicted molar refractivity (Wildman–Crippen MR) is 73.2 cm³/mol. The Balaban J connectivity index is 3.48. The number of alkyl halides is 13. The molecule has 0 saturated heterocycles. The smallest absolute Gasteiger partial charge is 0.471 e. The van der Waals surface area contributed by atoms with Crippen molar-refractivity contribution in [2.75, 3.05) is 18.6 Å². The lowest BCUT2D eigenvalue weighted by Crippen LogP contribution is -2.70. The van der Waals surface area contributed by atoms with Crippen LogP contribution in [0.15, 0.2) is 12.1 Å². The van der Waals surface area contributed by atoms with E-state index in [1.165, 1.54) is 0 Å². The molecule has 4 N–H and O–H groups in total. The van der Waals surface area contributed by atoms with E-state index in [4.69, 9.17) is 11.5 Å². The number of methoxy groups -OCH3 is 1. The van der Waals surface area contributed by atoms with Gasteiger partial charge in [0.15, 0.2) is 5.75 Å². The number of hydrogen-bond donors (Lipinski definition) is 2. The molecule has 1 aromatic rings. The number of nitrogens with two attached hydrogens (primary N) is 2. The Morgan fingerprint density at radius 3 is 1.37 bits per heavy atom. The van der Waals surface area contributed by atoms with Crippen molar-refractivity contribution in [3.05, 3.63) is 12.1 Å². The summed E-state index contributed by atoms with van der Waals surface area (Å²) >= 11 is 0. The molecule has 17 heteroatoms. The van der Waals surface area contributed by atoms with Crippen LogP contribution in [-0.4, -0.2) is 43.1 Å². The van der Waals surface area contributed by atoms with Crippen LogP contribution in [0, 0.1) is 0 Å². The summed E-state index contributed by atoms with van der Waals surface area (Å²) in [7, 11) is 0.970. The van der Waals surface area contributed by atoms with E-state index in [0.717, 1.165) is 7.11 Å². The summed E-state index contributed by atoms with van der Waals surface area (Å²) in [6.45, 7) is 0. The molecule has 4 nitrogen and oxygen atoms in total. The maximum Gasteiger partial charge on any atom is 0.471 e. The molecule has 0 aliphatic heterocycles. The van der Waals surface area contributed by atoms with Gasteiger partial charge in [0.05, 0.1) is 18.5 Å². The molecule has 0 atom stereocenters. The van der Waals surface area contributed by atoms with Crippen molar-refractivity contribution in [2.24, 2.45) is 0 Å². The molecule has 0 fully saturated rings. The molecule has 1 rings (SSSR count). The van der Waals surface area contributed by atoms with Gasteiger partial charge in [0, 0.05) is 12.1 Å². The molecule has 1 aromatic carbocycles. The van der Waals surface area contributed by atoms with Gasteiger partial charge < -0.3 is 20.9 Å². The Hall–Kier alpha value is -2.49. The van der Waals surface area contributed by atoms with Crippen LogP contribution in [0.25, 0.3) is 0 Å². The lowest BCUT2D eigenvalue weighted by molar-refractivity contribution is -0.456. The minimum absolute atomic E-state index is 0.193. The fourth-order valence-corrected chi connectivity index (χ4v) is 1.81. The maximum absolute atomic E-state index is 13.7. The van der Waals surface area contributed by atoms with Gasteiger partial charge in [0.25, 0.3) is 0 Å². The minimum Gasteiger partial charge on any atom is -0.495 e. The van der Waals surface area contributed by atoms with Crippen molar-refractivity contribution in [2.45, 2.75) is 36.0 Å². The highest BCUT2D eigenvalue weighted by Gasteiger charge is 2.91. The number of anilines is 2. The van der Waals surface area contributed by atoms with Gasteiger partial charge in [-0.15, -0.1) is 0 Å². The normalized spacial score (nSPS) is 14.6. The number of ether oxygens (including phenoxy) is 2. The largest absolute Gasteiger partial charge is 0.495 e. The van der Waals surface area contributed by atoms with Gasteiger partial charge in [0.1, 0.15) is 5.75 Å². The van der Waals surface area contributed by atoms with Crippen LogP contribution >= 0.6 is 0 Å². The van der Waals surface area contributed by atoms with Crippen LogP contribution in [-0.2, 0) is 0 Å². The zero-order valence-electron chi connectivity index (χ0n) is 14.0. The fourth-order valence-electron chi connectivity index (χ4n) is 1.81. The first-order valence-corrected chi connectivity index (χ1v) is 6.96. The lowest BCUT2D eigenvalue weighted by atomic mass is 9.97. The molecule has 0 unspecified atom stereocenters. The van der Waals surface area contributed by atoms with E-state index < -0.39 is 53.1 Å².